The van der Waals surface area contributed by atoms with Crippen LogP contribution in [0.2, 0.25) is 0 Å². The zero-order chi connectivity index (χ0) is 21.3. The van der Waals surface area contributed by atoms with Crippen LogP contribution in [0.25, 0.3) is 0 Å². The van der Waals surface area contributed by atoms with Gasteiger partial charge in [0.2, 0.25) is 0 Å². The molecule has 2 heterocycles. The molecule has 30 heavy (non-hydrogen) atoms. The second-order valence-corrected chi connectivity index (χ2v) is 8.27. The van der Waals surface area contributed by atoms with E-state index in [1.807, 2.05) is 51.1 Å². The smallest absolute Gasteiger partial charge is 0.315 e. The summed E-state index contributed by atoms with van der Waals surface area (Å²) in [6.45, 7) is 5.52. The van der Waals surface area contributed by atoms with E-state index in [0.29, 0.717) is 24.1 Å². The van der Waals surface area contributed by atoms with Crippen molar-refractivity contribution in [3.63, 3.8) is 0 Å². The summed E-state index contributed by atoms with van der Waals surface area (Å²) in [6, 6.07) is 13.8. The number of carbonyl (C=O) groups is 2. The van der Waals surface area contributed by atoms with E-state index in [0.717, 1.165) is 16.8 Å². The fraction of sp³-hybridized carbons (Fsp3) is 0.360. The Hall–Kier alpha value is -3.08. The Bertz CT molecular complexity index is 1010. The molecule has 2 aromatic rings. The first-order valence-electron chi connectivity index (χ1n) is 10.4. The second-order valence-electron chi connectivity index (χ2n) is 8.27. The van der Waals surface area contributed by atoms with Crippen LogP contribution in [0.4, 0.5) is 0 Å². The second kappa shape index (κ2) is 8.34. The number of hydrogen-bond acceptors (Lipinski definition) is 5. The Kier molecular flexibility index (Phi) is 5.62. The summed E-state index contributed by atoms with van der Waals surface area (Å²) in [4.78, 5) is 35.3. The van der Waals surface area contributed by atoms with Crippen LogP contribution in [0, 0.1) is 5.92 Å². The number of esters is 1. The van der Waals surface area contributed by atoms with Crippen molar-refractivity contribution in [1.29, 1.82) is 0 Å². The maximum absolute atomic E-state index is 13.4. The summed E-state index contributed by atoms with van der Waals surface area (Å²) >= 11 is 0. The van der Waals surface area contributed by atoms with E-state index in [1.165, 1.54) is 0 Å². The van der Waals surface area contributed by atoms with E-state index in [4.69, 9.17) is 9.73 Å². The molecule has 1 unspecified atom stereocenters. The SMILES string of the molecule is CC1=NC2=C(C(=O)C[C@@H](c3ccccc3)C2)[C@@H](c2ccncc2)C1C(=O)OC(C)C. The van der Waals surface area contributed by atoms with Gasteiger partial charge in [-0.25, -0.2) is 0 Å². The third-order valence-corrected chi connectivity index (χ3v) is 5.83. The van der Waals surface area contributed by atoms with E-state index in [9.17, 15) is 9.59 Å². The topological polar surface area (TPSA) is 68.6 Å². The first-order valence-corrected chi connectivity index (χ1v) is 10.4. The maximum Gasteiger partial charge on any atom is 0.315 e. The van der Waals surface area contributed by atoms with Gasteiger partial charge in [0.05, 0.1) is 6.10 Å². The van der Waals surface area contributed by atoms with Crippen molar-refractivity contribution in [1.82, 2.24) is 4.98 Å². The van der Waals surface area contributed by atoms with Crippen LogP contribution in [-0.4, -0.2) is 28.6 Å². The molecule has 0 N–H and O–H groups in total. The predicted molar refractivity (Wildman–Crippen MR) is 115 cm³/mol. The van der Waals surface area contributed by atoms with Crippen molar-refractivity contribution in [3.8, 4) is 0 Å². The first kappa shape index (κ1) is 20.2. The van der Waals surface area contributed by atoms with Crippen molar-refractivity contribution in [3.05, 3.63) is 77.3 Å². The molecule has 2 aliphatic rings. The lowest BCUT2D eigenvalue weighted by Gasteiger charge is -2.36. The molecular weight excluding hydrogens is 376 g/mol. The van der Waals surface area contributed by atoms with Crippen LogP contribution in [0.3, 0.4) is 0 Å². The Labute approximate surface area is 176 Å². The molecule has 5 heteroatoms. The average Bonchev–Trinajstić information content (AvgIpc) is 2.73. The minimum Gasteiger partial charge on any atom is -0.462 e. The highest BCUT2D eigenvalue weighted by atomic mass is 16.5. The Balaban J connectivity index is 1.78. The summed E-state index contributed by atoms with van der Waals surface area (Å²) in [7, 11) is 0. The standard InChI is InChI=1S/C25H26N2O3/c1-15(2)30-25(29)22-16(3)27-20-13-19(17-7-5-4-6-8-17)14-21(28)24(20)23(22)18-9-11-26-12-10-18/h4-12,15,19,22-23H,13-14H2,1-3H3/t19-,22?,23-/m0/s1. The van der Waals surface area contributed by atoms with Gasteiger partial charge in [0.25, 0.3) is 0 Å². The number of Topliss-reactive ketones (excluding diaryl/α,β-unsaturated/α-hetero) is 1. The third-order valence-electron chi connectivity index (χ3n) is 5.83. The van der Waals surface area contributed by atoms with E-state index < -0.39 is 11.8 Å². The van der Waals surface area contributed by atoms with Crippen LogP contribution in [0.5, 0.6) is 0 Å². The molecule has 0 amide bonds. The average molecular weight is 402 g/mol. The number of allylic oxidation sites excluding steroid dienone is 2. The minimum absolute atomic E-state index is 0.0607. The van der Waals surface area contributed by atoms with Crippen molar-refractivity contribution < 1.29 is 14.3 Å². The molecule has 1 aliphatic heterocycles. The summed E-state index contributed by atoms with van der Waals surface area (Å²) in [6.07, 6.45) is 4.27. The van der Waals surface area contributed by atoms with Gasteiger partial charge < -0.3 is 4.74 Å². The number of ether oxygens (including phenoxy) is 1. The van der Waals surface area contributed by atoms with Crippen molar-refractivity contribution >= 4 is 17.5 Å². The molecule has 5 nitrogen and oxygen atoms in total. The lowest BCUT2D eigenvalue weighted by atomic mass is 9.69. The van der Waals surface area contributed by atoms with Gasteiger partial charge >= 0.3 is 5.97 Å². The van der Waals surface area contributed by atoms with Gasteiger partial charge in [0, 0.05) is 41.7 Å². The van der Waals surface area contributed by atoms with E-state index >= 15 is 0 Å². The van der Waals surface area contributed by atoms with Crippen molar-refractivity contribution in [2.24, 2.45) is 10.9 Å². The lowest BCUT2D eigenvalue weighted by molar-refractivity contribution is -0.150. The van der Waals surface area contributed by atoms with Crippen LogP contribution < -0.4 is 0 Å². The minimum atomic E-state index is -0.606. The normalized spacial score (nSPS) is 23.8. The lowest BCUT2D eigenvalue weighted by Crippen LogP contribution is -2.38. The number of hydrogen-bond donors (Lipinski definition) is 0. The van der Waals surface area contributed by atoms with Gasteiger partial charge in [-0.15, -0.1) is 0 Å². The molecule has 1 aromatic heterocycles. The van der Waals surface area contributed by atoms with Gasteiger partial charge in [-0.3, -0.25) is 19.6 Å². The van der Waals surface area contributed by atoms with Crippen LogP contribution in [0.15, 0.2) is 71.1 Å². The van der Waals surface area contributed by atoms with E-state index in [2.05, 4.69) is 17.1 Å². The van der Waals surface area contributed by atoms with Gasteiger partial charge in [-0.1, -0.05) is 30.3 Å². The van der Waals surface area contributed by atoms with E-state index in [-0.39, 0.29) is 23.8 Å². The molecule has 0 saturated heterocycles. The molecule has 0 bridgehead atoms. The summed E-state index contributed by atoms with van der Waals surface area (Å²) in [5.74, 6) is -1.17. The number of benzene rings is 1. The molecular formula is C25H26N2O3. The number of pyridine rings is 1. The largest absolute Gasteiger partial charge is 0.462 e. The maximum atomic E-state index is 13.4. The number of rotatable bonds is 4. The number of nitrogens with zero attached hydrogens (tertiary/aromatic N) is 2. The molecule has 0 radical (unpaired) electrons. The Morgan fingerprint density at radius 3 is 2.40 bits per heavy atom. The Morgan fingerprint density at radius 1 is 1.03 bits per heavy atom. The van der Waals surface area contributed by atoms with Crippen LogP contribution >= 0.6 is 0 Å². The fourth-order valence-electron chi connectivity index (χ4n) is 4.56. The first-order chi connectivity index (χ1) is 14.5. The van der Waals surface area contributed by atoms with Crippen LogP contribution in [0.1, 0.15) is 56.6 Å². The van der Waals surface area contributed by atoms with Gasteiger partial charge in [0.1, 0.15) is 5.92 Å². The molecule has 1 aromatic carbocycles. The van der Waals surface area contributed by atoms with Gasteiger partial charge in [-0.05, 0) is 56.4 Å². The molecule has 0 fully saturated rings. The number of aliphatic imine (C=N–C) groups is 1. The highest BCUT2D eigenvalue weighted by Crippen LogP contribution is 2.46. The fourth-order valence-corrected chi connectivity index (χ4v) is 4.56. The Morgan fingerprint density at radius 2 is 1.73 bits per heavy atom. The van der Waals surface area contributed by atoms with Crippen molar-refractivity contribution in [2.45, 2.75) is 51.6 Å². The summed E-state index contributed by atoms with van der Waals surface area (Å²) in [5.41, 5.74) is 4.19. The zero-order valence-electron chi connectivity index (χ0n) is 17.5. The number of carbonyl (C=O) groups excluding carboxylic acids is 2. The molecule has 4 rings (SSSR count). The van der Waals surface area contributed by atoms with Gasteiger partial charge in [0.15, 0.2) is 5.78 Å². The van der Waals surface area contributed by atoms with Gasteiger partial charge in [-0.2, -0.15) is 0 Å². The highest BCUT2D eigenvalue weighted by molar-refractivity contribution is 6.09. The van der Waals surface area contributed by atoms with E-state index in [1.54, 1.807) is 12.4 Å². The summed E-state index contributed by atoms with van der Waals surface area (Å²) in [5, 5.41) is 0. The molecule has 3 atom stereocenters. The molecule has 0 spiro atoms. The monoisotopic (exact) mass is 402 g/mol. The number of aromatic nitrogens is 1. The highest BCUT2D eigenvalue weighted by Gasteiger charge is 2.44. The molecule has 154 valence electrons. The number of ketones is 1. The van der Waals surface area contributed by atoms with Crippen LogP contribution in [-0.2, 0) is 14.3 Å². The molecule has 1 aliphatic carbocycles. The zero-order valence-corrected chi connectivity index (χ0v) is 17.5. The summed E-state index contributed by atoms with van der Waals surface area (Å²) < 4.78 is 5.55. The van der Waals surface area contributed by atoms with Crippen molar-refractivity contribution in [2.75, 3.05) is 0 Å². The third kappa shape index (κ3) is 3.84. The molecule has 0 saturated carbocycles. The quantitative estimate of drug-likeness (QED) is 0.701. The predicted octanol–water partition coefficient (Wildman–Crippen LogP) is 4.61.